The highest BCUT2D eigenvalue weighted by molar-refractivity contribution is 5.71. The summed E-state index contributed by atoms with van der Waals surface area (Å²) in [6.07, 6.45) is 1.61. The van der Waals surface area contributed by atoms with Crippen molar-refractivity contribution in [1.82, 2.24) is 9.88 Å². The van der Waals surface area contributed by atoms with Crippen molar-refractivity contribution in [3.05, 3.63) is 29.8 Å². The third-order valence-electron chi connectivity index (χ3n) is 3.71. The second-order valence-electron chi connectivity index (χ2n) is 7.32. The van der Waals surface area contributed by atoms with Gasteiger partial charge in [-0.25, -0.2) is 9.18 Å². The number of ether oxygens (including phenoxy) is 1. The molecule has 22 heavy (non-hydrogen) atoms. The van der Waals surface area contributed by atoms with Gasteiger partial charge in [0, 0.05) is 17.3 Å². The number of pyridine rings is 1. The molecule has 1 aliphatic rings. The van der Waals surface area contributed by atoms with Gasteiger partial charge in [-0.1, -0.05) is 0 Å². The first-order valence-corrected chi connectivity index (χ1v) is 7.32. The van der Waals surface area contributed by atoms with E-state index in [1.54, 1.807) is 20.8 Å². The molecule has 1 saturated heterocycles. The molecule has 1 aromatic rings. The number of nitrogens with zero attached hydrogens (tertiary/aromatic N) is 2. The van der Waals surface area contributed by atoms with Crippen LogP contribution in [0.15, 0.2) is 18.5 Å². The lowest BCUT2D eigenvalue weighted by molar-refractivity contribution is -0.105. The van der Waals surface area contributed by atoms with E-state index < -0.39 is 35.2 Å². The summed E-state index contributed by atoms with van der Waals surface area (Å²) < 4.78 is 18.7. The molecule has 2 atom stereocenters. The van der Waals surface area contributed by atoms with E-state index in [1.165, 1.54) is 17.2 Å². The molecule has 0 aromatic carbocycles. The van der Waals surface area contributed by atoms with E-state index in [0.29, 0.717) is 12.0 Å². The number of likely N-dealkylation sites (tertiary alicyclic amines) is 1. The molecule has 0 bridgehead atoms. The lowest BCUT2D eigenvalue weighted by Crippen LogP contribution is -2.67. The summed E-state index contributed by atoms with van der Waals surface area (Å²) in [5.74, 6) is -0.515. The first-order chi connectivity index (χ1) is 10.0. The van der Waals surface area contributed by atoms with E-state index in [9.17, 15) is 14.3 Å². The van der Waals surface area contributed by atoms with Crippen LogP contribution in [0.4, 0.5) is 9.18 Å². The number of carbonyl (C=O) groups is 1. The Balaban J connectivity index is 2.19. The number of amides is 1. The van der Waals surface area contributed by atoms with E-state index in [1.807, 2.05) is 13.8 Å². The predicted molar refractivity (Wildman–Crippen MR) is 79.7 cm³/mol. The normalized spacial score (nSPS) is 22.0. The number of rotatable bonds is 2. The van der Waals surface area contributed by atoms with Gasteiger partial charge in [0.1, 0.15) is 17.5 Å². The minimum absolute atomic E-state index is 0.356. The standard InChI is InChI=1S/C16H23FN2O3/c1-15(2,3)22-14(21)19-12(7-16(19,4)5)13(20)10-6-11(17)9-18-8-10/h6,8-9,12-13,20H,7H2,1-5H3/t12-,13?/m0/s1. The second-order valence-corrected chi connectivity index (χ2v) is 7.32. The maximum absolute atomic E-state index is 13.3. The SMILES string of the molecule is CC(C)(C)OC(=O)N1[C@H](C(O)c2cncc(F)c2)CC1(C)C. The fourth-order valence-electron chi connectivity index (χ4n) is 2.80. The van der Waals surface area contributed by atoms with Crippen LogP contribution in [0.2, 0.25) is 0 Å². The van der Waals surface area contributed by atoms with Gasteiger partial charge in [-0.05, 0) is 47.1 Å². The smallest absolute Gasteiger partial charge is 0.411 e. The molecular formula is C16H23FN2O3. The molecule has 5 nitrogen and oxygen atoms in total. The molecule has 1 aliphatic heterocycles. The van der Waals surface area contributed by atoms with Gasteiger partial charge in [-0.15, -0.1) is 0 Å². The van der Waals surface area contributed by atoms with E-state index in [0.717, 1.165) is 6.20 Å². The van der Waals surface area contributed by atoms with Crippen LogP contribution in [-0.2, 0) is 4.74 Å². The van der Waals surface area contributed by atoms with Crippen molar-refractivity contribution >= 4 is 6.09 Å². The summed E-state index contributed by atoms with van der Waals surface area (Å²) in [6.45, 7) is 9.19. The second kappa shape index (κ2) is 5.50. The highest BCUT2D eigenvalue weighted by atomic mass is 19.1. The lowest BCUT2D eigenvalue weighted by Gasteiger charge is -2.56. The Morgan fingerprint density at radius 2 is 2.14 bits per heavy atom. The fourth-order valence-corrected chi connectivity index (χ4v) is 2.80. The van der Waals surface area contributed by atoms with Crippen molar-refractivity contribution < 1.29 is 19.0 Å². The van der Waals surface area contributed by atoms with Gasteiger partial charge in [-0.2, -0.15) is 0 Å². The van der Waals surface area contributed by atoms with Crippen LogP contribution < -0.4 is 0 Å². The summed E-state index contributed by atoms with van der Waals surface area (Å²) >= 11 is 0. The Bertz CT molecular complexity index is 569. The highest BCUT2D eigenvalue weighted by Crippen LogP contribution is 2.43. The summed E-state index contributed by atoms with van der Waals surface area (Å²) in [6, 6.07) is 0.782. The molecule has 0 saturated carbocycles. The van der Waals surface area contributed by atoms with Gasteiger partial charge in [0.2, 0.25) is 0 Å². The van der Waals surface area contributed by atoms with Crippen molar-refractivity contribution in [1.29, 1.82) is 0 Å². The topological polar surface area (TPSA) is 62.7 Å². The van der Waals surface area contributed by atoms with Gasteiger partial charge in [0.05, 0.1) is 12.2 Å². The Morgan fingerprint density at radius 1 is 1.50 bits per heavy atom. The average molecular weight is 310 g/mol. The zero-order chi connectivity index (χ0) is 16.7. The van der Waals surface area contributed by atoms with Gasteiger partial charge in [0.25, 0.3) is 0 Å². The van der Waals surface area contributed by atoms with Gasteiger partial charge in [0.15, 0.2) is 0 Å². The summed E-state index contributed by atoms with van der Waals surface area (Å²) in [5, 5.41) is 10.5. The molecule has 1 N–H and O–H groups in total. The van der Waals surface area contributed by atoms with E-state index in [4.69, 9.17) is 4.74 Å². The van der Waals surface area contributed by atoms with Crippen LogP contribution in [-0.4, -0.2) is 38.3 Å². The molecular weight excluding hydrogens is 287 g/mol. The number of aromatic nitrogens is 1. The maximum Gasteiger partial charge on any atom is 0.411 e. The van der Waals surface area contributed by atoms with Gasteiger partial charge < -0.3 is 9.84 Å². The van der Waals surface area contributed by atoms with E-state index in [2.05, 4.69) is 4.98 Å². The minimum Gasteiger partial charge on any atom is -0.444 e. The van der Waals surface area contributed by atoms with Crippen molar-refractivity contribution in [2.24, 2.45) is 0 Å². The van der Waals surface area contributed by atoms with Gasteiger partial charge in [-0.3, -0.25) is 9.88 Å². The summed E-state index contributed by atoms with van der Waals surface area (Å²) in [4.78, 5) is 17.6. The molecule has 0 radical (unpaired) electrons. The number of aliphatic hydroxyl groups is 1. The fraction of sp³-hybridized carbons (Fsp3) is 0.625. The number of aliphatic hydroxyl groups excluding tert-OH is 1. The van der Waals surface area contributed by atoms with Crippen molar-refractivity contribution in [2.45, 2.75) is 64.3 Å². The quantitative estimate of drug-likeness (QED) is 0.912. The zero-order valence-electron chi connectivity index (χ0n) is 13.6. The van der Waals surface area contributed by atoms with Crippen molar-refractivity contribution in [2.75, 3.05) is 0 Å². The molecule has 0 spiro atoms. The van der Waals surface area contributed by atoms with E-state index in [-0.39, 0.29) is 0 Å². The van der Waals surface area contributed by atoms with Crippen LogP contribution in [0.25, 0.3) is 0 Å². The molecule has 1 fully saturated rings. The largest absolute Gasteiger partial charge is 0.444 e. The van der Waals surface area contributed by atoms with Crippen LogP contribution in [0.1, 0.15) is 52.7 Å². The van der Waals surface area contributed by atoms with Crippen LogP contribution >= 0.6 is 0 Å². The Kier molecular flexibility index (Phi) is 4.17. The average Bonchev–Trinajstić information content (AvgIpc) is 2.33. The lowest BCUT2D eigenvalue weighted by atomic mass is 9.78. The Hall–Kier alpha value is -1.69. The highest BCUT2D eigenvalue weighted by Gasteiger charge is 2.52. The molecule has 122 valence electrons. The van der Waals surface area contributed by atoms with Crippen LogP contribution in [0, 0.1) is 5.82 Å². The third-order valence-corrected chi connectivity index (χ3v) is 3.71. The number of hydrogen-bond acceptors (Lipinski definition) is 4. The minimum atomic E-state index is -0.997. The van der Waals surface area contributed by atoms with Crippen LogP contribution in [0.3, 0.4) is 0 Å². The molecule has 2 heterocycles. The predicted octanol–water partition coefficient (Wildman–Crippen LogP) is 3.04. The Morgan fingerprint density at radius 3 is 2.64 bits per heavy atom. The number of carbonyl (C=O) groups excluding carboxylic acids is 1. The van der Waals surface area contributed by atoms with Crippen molar-refractivity contribution in [3.63, 3.8) is 0 Å². The maximum atomic E-state index is 13.3. The molecule has 1 aromatic heterocycles. The monoisotopic (exact) mass is 310 g/mol. The zero-order valence-corrected chi connectivity index (χ0v) is 13.6. The summed E-state index contributed by atoms with van der Waals surface area (Å²) in [7, 11) is 0. The molecule has 0 aliphatic carbocycles. The molecule has 6 heteroatoms. The number of hydrogen-bond donors (Lipinski definition) is 1. The first-order valence-electron chi connectivity index (χ1n) is 7.32. The summed E-state index contributed by atoms with van der Waals surface area (Å²) in [5.41, 5.74) is -0.665. The van der Waals surface area contributed by atoms with Crippen LogP contribution in [0.5, 0.6) is 0 Å². The third kappa shape index (κ3) is 3.38. The molecule has 1 amide bonds. The first kappa shape index (κ1) is 16.7. The van der Waals surface area contributed by atoms with E-state index >= 15 is 0 Å². The molecule has 2 rings (SSSR count). The van der Waals surface area contributed by atoms with Gasteiger partial charge >= 0.3 is 6.09 Å². The Labute approximate surface area is 130 Å². The molecule has 1 unspecified atom stereocenters. The number of halogens is 1. The van der Waals surface area contributed by atoms with Crippen molar-refractivity contribution in [3.8, 4) is 0 Å².